The van der Waals surface area contributed by atoms with Crippen LogP contribution in [0.1, 0.15) is 40.9 Å². The largest absolute Gasteiger partial charge is 0.490 e. The van der Waals surface area contributed by atoms with E-state index in [-0.39, 0.29) is 18.1 Å². The van der Waals surface area contributed by atoms with E-state index in [2.05, 4.69) is 15.5 Å². The van der Waals surface area contributed by atoms with Gasteiger partial charge in [-0.1, -0.05) is 0 Å². The molecule has 0 bridgehead atoms. The lowest BCUT2D eigenvalue weighted by molar-refractivity contribution is -0.137. The molecule has 5 rings (SSSR count). The van der Waals surface area contributed by atoms with Gasteiger partial charge in [0.25, 0.3) is 5.91 Å². The number of nitrogens with one attached hydrogen (secondary N) is 2. The number of amides is 1. The molecule has 35 heavy (non-hydrogen) atoms. The fraction of sp³-hybridized carbons (Fsp3) is 0.423. The summed E-state index contributed by atoms with van der Waals surface area (Å²) in [6, 6.07) is 13.4. The number of carbonyl (C=O) groups is 1. The standard InChI is InChI=1S/C26H28F3N3O2S/c27-26(28,29)18-1-3-20(4-2-18)32-13-9-21(10-14-32)34-22-5-6-23-17(15-22)16-24(35-23)25(33)31-19-7-11-30-12-8-19/h1-6,15-16,19,21,30H,7-14H2,(H,31,33). The molecule has 0 radical (unpaired) electrons. The van der Waals surface area contributed by atoms with Crippen LogP contribution in [0.15, 0.2) is 48.5 Å². The topological polar surface area (TPSA) is 53.6 Å². The number of alkyl halides is 3. The lowest BCUT2D eigenvalue weighted by Gasteiger charge is -2.33. The Bertz CT molecular complexity index is 1160. The summed E-state index contributed by atoms with van der Waals surface area (Å²) in [6.07, 6.45) is -0.808. The van der Waals surface area contributed by atoms with E-state index in [0.29, 0.717) is 4.88 Å². The third-order valence-corrected chi connectivity index (χ3v) is 7.81. The molecule has 2 aliphatic heterocycles. The third kappa shape index (κ3) is 5.73. The number of benzene rings is 2. The number of anilines is 1. The van der Waals surface area contributed by atoms with Crippen LogP contribution in [0.5, 0.6) is 5.75 Å². The zero-order valence-electron chi connectivity index (χ0n) is 19.2. The predicted molar refractivity (Wildman–Crippen MR) is 132 cm³/mol. The van der Waals surface area contributed by atoms with Gasteiger partial charge in [-0.25, -0.2) is 0 Å². The van der Waals surface area contributed by atoms with Crippen molar-refractivity contribution in [2.24, 2.45) is 0 Å². The van der Waals surface area contributed by atoms with Gasteiger partial charge in [0.05, 0.1) is 10.4 Å². The van der Waals surface area contributed by atoms with Gasteiger partial charge < -0.3 is 20.3 Å². The molecular weight excluding hydrogens is 475 g/mol. The number of nitrogens with zero attached hydrogens (tertiary/aromatic N) is 1. The second-order valence-electron chi connectivity index (χ2n) is 9.16. The zero-order valence-corrected chi connectivity index (χ0v) is 20.1. The maximum atomic E-state index is 12.8. The van der Waals surface area contributed by atoms with Crippen molar-refractivity contribution in [1.82, 2.24) is 10.6 Å². The Morgan fingerprint density at radius 1 is 1.00 bits per heavy atom. The van der Waals surface area contributed by atoms with E-state index in [9.17, 15) is 18.0 Å². The van der Waals surface area contributed by atoms with Crippen LogP contribution in [-0.2, 0) is 6.18 Å². The molecule has 2 aromatic carbocycles. The van der Waals surface area contributed by atoms with Crippen molar-refractivity contribution in [2.75, 3.05) is 31.1 Å². The van der Waals surface area contributed by atoms with Crippen LogP contribution in [-0.4, -0.2) is 44.2 Å². The van der Waals surface area contributed by atoms with Crippen LogP contribution in [0, 0.1) is 0 Å². The molecule has 0 spiro atoms. The first-order chi connectivity index (χ1) is 16.8. The van der Waals surface area contributed by atoms with Crippen LogP contribution in [0.25, 0.3) is 10.1 Å². The first kappa shape index (κ1) is 23.9. The maximum Gasteiger partial charge on any atom is 0.416 e. The Hall–Kier alpha value is -2.78. The van der Waals surface area contributed by atoms with E-state index in [1.807, 2.05) is 24.3 Å². The lowest BCUT2D eigenvalue weighted by atomic mass is 10.1. The minimum Gasteiger partial charge on any atom is -0.490 e. The van der Waals surface area contributed by atoms with Gasteiger partial charge >= 0.3 is 6.18 Å². The van der Waals surface area contributed by atoms with Crippen molar-refractivity contribution >= 4 is 33.0 Å². The zero-order chi connectivity index (χ0) is 24.4. The normalized spacial score (nSPS) is 18.1. The van der Waals surface area contributed by atoms with Crippen LogP contribution in [0.2, 0.25) is 0 Å². The number of halogens is 3. The Morgan fingerprint density at radius 3 is 2.40 bits per heavy atom. The average Bonchev–Trinajstić information content (AvgIpc) is 3.29. The van der Waals surface area contributed by atoms with Gasteiger partial charge in [0.1, 0.15) is 11.9 Å². The molecular formula is C26H28F3N3O2S. The molecule has 0 atom stereocenters. The van der Waals surface area contributed by atoms with Crippen molar-refractivity contribution in [3.05, 3.63) is 59.0 Å². The second kappa shape index (κ2) is 10.1. The summed E-state index contributed by atoms with van der Waals surface area (Å²) in [4.78, 5) is 15.5. The SMILES string of the molecule is O=C(NC1CCNCC1)c1cc2cc(OC3CCN(c4ccc(C(F)(F)F)cc4)CC3)ccc2s1. The van der Waals surface area contributed by atoms with Crippen molar-refractivity contribution in [3.8, 4) is 5.75 Å². The number of ether oxygens (including phenoxy) is 1. The van der Waals surface area contributed by atoms with Crippen molar-refractivity contribution < 1.29 is 22.7 Å². The summed E-state index contributed by atoms with van der Waals surface area (Å²) < 4.78 is 45.7. The highest BCUT2D eigenvalue weighted by molar-refractivity contribution is 7.20. The van der Waals surface area contributed by atoms with Crippen LogP contribution in [0.3, 0.4) is 0 Å². The molecule has 0 unspecified atom stereocenters. The van der Waals surface area contributed by atoms with Gasteiger partial charge in [0.15, 0.2) is 0 Å². The number of hydrogen-bond donors (Lipinski definition) is 2. The Balaban J connectivity index is 1.17. The summed E-state index contributed by atoms with van der Waals surface area (Å²) in [5, 5.41) is 7.44. The minimum absolute atomic E-state index is 0.0174. The van der Waals surface area contributed by atoms with Gasteiger partial charge in [-0.3, -0.25) is 4.79 Å². The number of piperidine rings is 2. The molecule has 2 aliphatic rings. The molecule has 3 aromatic rings. The summed E-state index contributed by atoms with van der Waals surface area (Å²) in [6.45, 7) is 3.30. The molecule has 2 saturated heterocycles. The fourth-order valence-corrected chi connectivity index (χ4v) is 5.66. The van der Waals surface area contributed by atoms with Crippen molar-refractivity contribution in [1.29, 1.82) is 0 Å². The highest BCUT2D eigenvalue weighted by Crippen LogP contribution is 2.33. The highest BCUT2D eigenvalue weighted by atomic mass is 32.1. The first-order valence-electron chi connectivity index (χ1n) is 12.0. The van der Waals surface area contributed by atoms with E-state index < -0.39 is 11.7 Å². The monoisotopic (exact) mass is 503 g/mol. The van der Waals surface area contributed by atoms with Gasteiger partial charge in [-0.2, -0.15) is 13.2 Å². The van der Waals surface area contributed by atoms with Gasteiger partial charge in [-0.15, -0.1) is 11.3 Å². The van der Waals surface area contributed by atoms with Crippen molar-refractivity contribution in [3.63, 3.8) is 0 Å². The fourth-order valence-electron chi connectivity index (χ4n) is 4.71. The lowest BCUT2D eigenvalue weighted by Crippen LogP contribution is -2.42. The smallest absolute Gasteiger partial charge is 0.416 e. The minimum atomic E-state index is -4.32. The third-order valence-electron chi connectivity index (χ3n) is 6.69. The van der Waals surface area contributed by atoms with E-state index in [1.54, 1.807) is 0 Å². The first-order valence-corrected chi connectivity index (χ1v) is 12.8. The quantitative estimate of drug-likeness (QED) is 0.486. The maximum absolute atomic E-state index is 12.8. The molecule has 0 aliphatic carbocycles. The Labute approximate surface area is 206 Å². The molecule has 1 aromatic heterocycles. The van der Waals surface area contributed by atoms with Gasteiger partial charge in [-0.05, 0) is 79.8 Å². The van der Waals surface area contributed by atoms with Crippen LogP contribution < -0.4 is 20.3 Å². The predicted octanol–water partition coefficient (Wildman–Crippen LogP) is 5.45. The van der Waals surface area contributed by atoms with E-state index >= 15 is 0 Å². The molecule has 5 nitrogen and oxygen atoms in total. The summed E-state index contributed by atoms with van der Waals surface area (Å²) in [5.41, 5.74) is 0.168. The molecule has 9 heteroatoms. The summed E-state index contributed by atoms with van der Waals surface area (Å²) in [5.74, 6) is 0.754. The molecule has 2 N–H and O–H groups in total. The van der Waals surface area contributed by atoms with E-state index in [1.165, 1.54) is 23.5 Å². The second-order valence-corrected chi connectivity index (χ2v) is 10.2. The van der Waals surface area contributed by atoms with E-state index in [4.69, 9.17) is 4.74 Å². The Kier molecular flexibility index (Phi) is 6.88. The average molecular weight is 504 g/mol. The summed E-state index contributed by atoms with van der Waals surface area (Å²) in [7, 11) is 0. The van der Waals surface area contributed by atoms with Crippen molar-refractivity contribution in [2.45, 2.75) is 44.0 Å². The number of carbonyl (C=O) groups excluding carboxylic acids is 1. The molecule has 1 amide bonds. The van der Waals surface area contributed by atoms with Gasteiger partial charge in [0, 0.05) is 42.4 Å². The molecule has 3 heterocycles. The van der Waals surface area contributed by atoms with Gasteiger partial charge in [0.2, 0.25) is 0 Å². The number of rotatable bonds is 5. The van der Waals surface area contributed by atoms with E-state index in [0.717, 1.165) is 85.5 Å². The van der Waals surface area contributed by atoms with Crippen LogP contribution in [0.4, 0.5) is 18.9 Å². The summed E-state index contributed by atoms with van der Waals surface area (Å²) >= 11 is 1.49. The molecule has 186 valence electrons. The highest BCUT2D eigenvalue weighted by Gasteiger charge is 2.30. The number of thiophene rings is 1. The number of hydrogen-bond acceptors (Lipinski definition) is 5. The molecule has 2 fully saturated rings. The Morgan fingerprint density at radius 2 is 1.71 bits per heavy atom. The number of fused-ring (bicyclic) bond motifs is 1. The van der Waals surface area contributed by atoms with Crippen LogP contribution >= 0.6 is 11.3 Å². The molecule has 0 saturated carbocycles.